The molecule has 5 N–H and O–H groups in total. The summed E-state index contributed by atoms with van der Waals surface area (Å²) in [5, 5.41) is 2.98. The molecule has 3 amide bonds. The van der Waals surface area contributed by atoms with Crippen molar-refractivity contribution in [2.24, 2.45) is 5.73 Å². The molecule has 206 valence electrons. The van der Waals surface area contributed by atoms with Gasteiger partial charge in [0.25, 0.3) is 11.8 Å². The molecule has 2 aromatic carbocycles. The Labute approximate surface area is 231 Å². The zero-order chi connectivity index (χ0) is 28.1. The Hall–Kier alpha value is -3.96. The van der Waals surface area contributed by atoms with E-state index in [0.717, 1.165) is 35.5 Å². The Bertz CT molecular complexity index is 1350. The highest BCUT2D eigenvalue weighted by Crippen LogP contribution is 2.34. The number of aryl methyl sites for hydroxylation is 2. The first-order valence-electron chi connectivity index (χ1n) is 12.8. The topological polar surface area (TPSA) is 150 Å². The van der Waals surface area contributed by atoms with Gasteiger partial charge in [-0.1, -0.05) is 18.2 Å². The van der Waals surface area contributed by atoms with Crippen molar-refractivity contribution >= 4 is 40.6 Å². The quantitative estimate of drug-likeness (QED) is 0.349. The first-order valence-corrected chi connectivity index (χ1v) is 13.6. The molecule has 4 rings (SSSR count). The van der Waals surface area contributed by atoms with E-state index in [1.54, 1.807) is 30.3 Å². The average molecular weight is 552 g/mol. The Balaban J connectivity index is 1.82. The van der Waals surface area contributed by atoms with Gasteiger partial charge in [-0.15, -0.1) is 0 Å². The van der Waals surface area contributed by atoms with E-state index in [2.05, 4.69) is 9.69 Å². The first kappa shape index (κ1) is 28.1. The fraction of sp³-hybridized carbons (Fsp3) is 0.357. The molecule has 11 heteroatoms. The molecule has 0 spiro atoms. The van der Waals surface area contributed by atoms with E-state index >= 15 is 0 Å². The third kappa shape index (κ3) is 6.21. The highest BCUT2D eigenvalue weighted by molar-refractivity contribution is 7.09. The van der Waals surface area contributed by atoms with Crippen molar-refractivity contribution in [2.75, 3.05) is 30.4 Å². The van der Waals surface area contributed by atoms with Gasteiger partial charge in [0.05, 0.1) is 18.4 Å². The van der Waals surface area contributed by atoms with Crippen LogP contribution in [0.3, 0.4) is 0 Å². The zero-order valence-electron chi connectivity index (χ0n) is 22.2. The van der Waals surface area contributed by atoms with Gasteiger partial charge in [0.1, 0.15) is 16.7 Å². The second-order valence-corrected chi connectivity index (χ2v) is 10.1. The summed E-state index contributed by atoms with van der Waals surface area (Å²) >= 11 is 0.771. The monoisotopic (exact) mass is 551 g/mol. The average Bonchev–Trinajstić information content (AvgIpc) is 3.58. The Morgan fingerprint density at radius 2 is 1.92 bits per heavy atom. The highest BCUT2D eigenvalue weighted by Gasteiger charge is 2.36. The van der Waals surface area contributed by atoms with Crippen LogP contribution >= 0.6 is 11.5 Å². The van der Waals surface area contributed by atoms with E-state index in [-0.39, 0.29) is 28.3 Å². The van der Waals surface area contributed by atoms with Gasteiger partial charge < -0.3 is 26.3 Å². The van der Waals surface area contributed by atoms with Crippen LogP contribution in [0.4, 0.5) is 11.4 Å². The molecule has 1 fully saturated rings. The molecule has 1 saturated heterocycles. The Morgan fingerprint density at radius 1 is 1.18 bits per heavy atom. The van der Waals surface area contributed by atoms with Gasteiger partial charge in [0.2, 0.25) is 5.91 Å². The van der Waals surface area contributed by atoms with E-state index in [9.17, 15) is 14.4 Å². The van der Waals surface area contributed by atoms with Crippen LogP contribution in [0.5, 0.6) is 5.75 Å². The molecule has 3 aromatic rings. The second-order valence-electron chi connectivity index (χ2n) is 9.37. The smallest absolute Gasteiger partial charge is 0.273 e. The van der Waals surface area contributed by atoms with Crippen molar-refractivity contribution in [3.63, 3.8) is 0 Å². The number of rotatable bonds is 10. The van der Waals surface area contributed by atoms with E-state index < -0.39 is 17.9 Å². The van der Waals surface area contributed by atoms with E-state index in [1.165, 1.54) is 4.90 Å². The second kappa shape index (κ2) is 12.3. The van der Waals surface area contributed by atoms with Crippen molar-refractivity contribution in [3.8, 4) is 5.75 Å². The SMILES string of the molecule is CCOc1ccc([C@H](C(=O)NC[C@@H]2CCCO2)N(C(=O)c2snc(C(N)=O)c2N)c2ccc(C)c(C)c2)cc1. The molecular weight excluding hydrogens is 518 g/mol. The fourth-order valence-corrected chi connectivity index (χ4v) is 5.19. The summed E-state index contributed by atoms with van der Waals surface area (Å²) in [5.41, 5.74) is 14.3. The van der Waals surface area contributed by atoms with Gasteiger partial charge in [-0.05, 0) is 86.1 Å². The van der Waals surface area contributed by atoms with Gasteiger partial charge in [-0.25, -0.2) is 0 Å². The number of carbonyl (C=O) groups excluding carboxylic acids is 3. The Kier molecular flexibility index (Phi) is 8.82. The molecule has 2 heterocycles. The predicted octanol–water partition coefficient (Wildman–Crippen LogP) is 3.52. The molecular formula is C28H33N5O5S. The number of aromatic nitrogens is 1. The molecule has 2 atom stereocenters. The van der Waals surface area contributed by atoms with Crippen molar-refractivity contribution in [2.45, 2.75) is 45.8 Å². The van der Waals surface area contributed by atoms with Crippen LogP contribution in [0.25, 0.3) is 0 Å². The molecule has 0 saturated carbocycles. The number of hydrogen-bond acceptors (Lipinski definition) is 8. The van der Waals surface area contributed by atoms with Gasteiger partial charge in [0, 0.05) is 18.8 Å². The maximum Gasteiger partial charge on any atom is 0.273 e. The van der Waals surface area contributed by atoms with Gasteiger partial charge in [-0.2, -0.15) is 4.37 Å². The third-order valence-corrected chi connectivity index (χ3v) is 7.54. The normalized spacial score (nSPS) is 15.5. The van der Waals surface area contributed by atoms with Crippen molar-refractivity contribution < 1.29 is 23.9 Å². The number of nitrogens with zero attached hydrogens (tertiary/aromatic N) is 2. The van der Waals surface area contributed by atoms with E-state index in [1.807, 2.05) is 32.9 Å². The maximum absolute atomic E-state index is 14.2. The number of amides is 3. The minimum absolute atomic E-state index is 0.0184. The fourth-order valence-electron chi connectivity index (χ4n) is 4.44. The number of nitrogen functional groups attached to an aromatic ring is 1. The molecule has 1 aliphatic heterocycles. The number of hydrogen-bond donors (Lipinski definition) is 3. The van der Waals surface area contributed by atoms with Gasteiger partial charge in [-0.3, -0.25) is 19.3 Å². The summed E-state index contributed by atoms with van der Waals surface area (Å²) in [6.07, 6.45) is 1.69. The van der Waals surface area contributed by atoms with Crippen molar-refractivity contribution in [3.05, 3.63) is 69.7 Å². The molecule has 10 nitrogen and oxygen atoms in total. The van der Waals surface area contributed by atoms with Gasteiger partial charge >= 0.3 is 0 Å². The van der Waals surface area contributed by atoms with Crippen LogP contribution in [-0.4, -0.2) is 48.0 Å². The zero-order valence-corrected chi connectivity index (χ0v) is 23.0. The lowest BCUT2D eigenvalue weighted by Crippen LogP contribution is -2.45. The van der Waals surface area contributed by atoms with E-state index in [0.29, 0.717) is 36.8 Å². The molecule has 0 unspecified atom stereocenters. The van der Waals surface area contributed by atoms with Crippen molar-refractivity contribution in [1.82, 2.24) is 9.69 Å². The predicted molar refractivity (Wildman–Crippen MR) is 150 cm³/mol. The third-order valence-electron chi connectivity index (χ3n) is 6.68. The van der Waals surface area contributed by atoms with Crippen LogP contribution in [-0.2, 0) is 9.53 Å². The largest absolute Gasteiger partial charge is 0.494 e. The van der Waals surface area contributed by atoms with Crippen LogP contribution < -0.4 is 26.4 Å². The summed E-state index contributed by atoms with van der Waals surface area (Å²) in [7, 11) is 0. The maximum atomic E-state index is 14.2. The van der Waals surface area contributed by atoms with Crippen LogP contribution in [0, 0.1) is 13.8 Å². The lowest BCUT2D eigenvalue weighted by molar-refractivity contribution is -0.123. The molecule has 39 heavy (non-hydrogen) atoms. The van der Waals surface area contributed by atoms with Crippen molar-refractivity contribution in [1.29, 1.82) is 0 Å². The highest BCUT2D eigenvalue weighted by atomic mass is 32.1. The molecule has 0 bridgehead atoms. The number of anilines is 2. The van der Waals surface area contributed by atoms with E-state index in [4.69, 9.17) is 20.9 Å². The van der Waals surface area contributed by atoms with Crippen LogP contribution in [0.1, 0.15) is 62.7 Å². The number of primary amides is 1. The Morgan fingerprint density at radius 3 is 2.51 bits per heavy atom. The lowest BCUT2D eigenvalue weighted by atomic mass is 10.0. The van der Waals surface area contributed by atoms with Gasteiger partial charge in [0.15, 0.2) is 5.69 Å². The number of ether oxygens (including phenoxy) is 2. The standard InChI is InChI=1S/C28H33N5O5S/c1-4-37-20-11-8-18(9-12-20)24(27(35)31-15-21-6-5-13-38-21)33(19-10-7-16(2)17(3)14-19)28(36)25-22(29)23(26(30)34)32-39-25/h7-12,14,21,24H,4-6,13,15,29H2,1-3H3,(H2,30,34)(H,31,35)/t21-,24+/m0/s1. The number of benzene rings is 2. The summed E-state index contributed by atoms with van der Waals surface area (Å²) < 4.78 is 15.3. The number of carbonyl (C=O) groups is 3. The minimum atomic E-state index is -1.07. The summed E-state index contributed by atoms with van der Waals surface area (Å²) in [5.74, 6) is -1.16. The summed E-state index contributed by atoms with van der Waals surface area (Å²) in [4.78, 5) is 41.3. The number of nitrogens with two attached hydrogens (primary N) is 2. The molecule has 0 radical (unpaired) electrons. The number of nitrogens with one attached hydrogen (secondary N) is 1. The first-order chi connectivity index (χ1) is 18.7. The molecule has 1 aromatic heterocycles. The lowest BCUT2D eigenvalue weighted by Gasteiger charge is -2.32. The minimum Gasteiger partial charge on any atom is -0.494 e. The molecule has 0 aliphatic carbocycles. The van der Waals surface area contributed by atoms with Crippen LogP contribution in [0.15, 0.2) is 42.5 Å². The van der Waals surface area contributed by atoms with Crippen LogP contribution in [0.2, 0.25) is 0 Å². The molecule has 1 aliphatic rings. The summed E-state index contributed by atoms with van der Waals surface area (Å²) in [6, 6.07) is 11.5. The summed E-state index contributed by atoms with van der Waals surface area (Å²) in [6.45, 7) is 7.24.